The van der Waals surface area contributed by atoms with Gasteiger partial charge >= 0.3 is 0 Å². The van der Waals surface area contributed by atoms with Crippen LogP contribution in [0.2, 0.25) is 0 Å². The van der Waals surface area contributed by atoms with Gasteiger partial charge < -0.3 is 14.9 Å². The fraction of sp³-hybridized carbons (Fsp3) is 0. The molecule has 0 saturated carbocycles. The molecule has 5 rings (SSSR count). The first-order valence-electron chi connectivity index (χ1n) is 6.75. The summed E-state index contributed by atoms with van der Waals surface area (Å²) in [4.78, 5) is 0. The Morgan fingerprint density at radius 2 is 1.43 bits per heavy atom. The highest BCUT2D eigenvalue weighted by molar-refractivity contribution is 6.15. The highest BCUT2D eigenvalue weighted by Gasteiger charge is 2.32. The normalized spacial score (nSPS) is 12.6. The second-order valence-corrected chi connectivity index (χ2v) is 5.36. The fourth-order valence-electron chi connectivity index (χ4n) is 3.08. The predicted molar refractivity (Wildman–Crippen MR) is 82.4 cm³/mol. The van der Waals surface area contributed by atoms with Crippen LogP contribution >= 0.6 is 0 Å². The van der Waals surface area contributed by atoms with E-state index in [4.69, 9.17) is 4.74 Å². The molecule has 2 N–H and O–H groups in total. The van der Waals surface area contributed by atoms with Gasteiger partial charge in [-0.2, -0.15) is 0 Å². The summed E-state index contributed by atoms with van der Waals surface area (Å²) < 4.78 is 5.31. The molecule has 1 aliphatic heterocycles. The van der Waals surface area contributed by atoms with Crippen LogP contribution in [-0.2, 0) is 0 Å². The lowest BCUT2D eigenvalue weighted by atomic mass is 9.98. The minimum atomic E-state index is -0.169. The second kappa shape index (κ2) is 3.38. The number of ether oxygens (including phenoxy) is 1. The standard InChI is InChI=1S/C18H10O3/c19-15-13-7-10-6-5-9-3-1-2-4-11(9)12(10)8-14(13)17-18(21-17)16(15)20/h1-8,19-20H. The number of aromatic hydroxyl groups is 2. The molecular formula is C18H10O3. The summed E-state index contributed by atoms with van der Waals surface area (Å²) in [7, 11) is 0. The first-order valence-corrected chi connectivity index (χ1v) is 6.75. The molecule has 0 spiro atoms. The van der Waals surface area contributed by atoms with Crippen molar-refractivity contribution in [2.75, 3.05) is 0 Å². The van der Waals surface area contributed by atoms with Crippen LogP contribution < -0.4 is 4.74 Å². The molecule has 4 aromatic carbocycles. The maximum absolute atomic E-state index is 10.1. The summed E-state index contributed by atoms with van der Waals surface area (Å²) >= 11 is 0. The summed E-state index contributed by atoms with van der Waals surface area (Å²) in [6.07, 6.45) is 0. The van der Waals surface area contributed by atoms with E-state index in [1.54, 1.807) is 0 Å². The van der Waals surface area contributed by atoms with E-state index < -0.39 is 0 Å². The molecule has 0 atom stereocenters. The third-order valence-corrected chi connectivity index (χ3v) is 4.19. The molecule has 3 heteroatoms. The molecule has 0 radical (unpaired) electrons. The number of fused-ring (bicyclic) bond motifs is 6. The Morgan fingerprint density at radius 3 is 2.33 bits per heavy atom. The van der Waals surface area contributed by atoms with Crippen molar-refractivity contribution in [3.05, 3.63) is 48.5 Å². The Balaban J connectivity index is 2.04. The quantitative estimate of drug-likeness (QED) is 0.187. The van der Waals surface area contributed by atoms with E-state index in [1.165, 1.54) is 10.8 Å². The fourth-order valence-corrected chi connectivity index (χ4v) is 3.08. The van der Waals surface area contributed by atoms with Gasteiger partial charge in [-0.25, -0.2) is 0 Å². The number of rotatable bonds is 0. The van der Waals surface area contributed by atoms with E-state index in [2.05, 4.69) is 18.2 Å². The smallest absolute Gasteiger partial charge is 0.216 e. The topological polar surface area (TPSA) is 53.0 Å². The molecule has 0 saturated heterocycles. The highest BCUT2D eigenvalue weighted by atomic mass is 16.6. The van der Waals surface area contributed by atoms with Crippen molar-refractivity contribution in [2.45, 2.75) is 0 Å². The number of hydrogen-bond donors (Lipinski definition) is 2. The molecule has 100 valence electrons. The second-order valence-electron chi connectivity index (χ2n) is 5.36. The third kappa shape index (κ3) is 1.28. The number of benzene rings is 4. The maximum atomic E-state index is 10.1. The first-order chi connectivity index (χ1) is 10.2. The van der Waals surface area contributed by atoms with Crippen LogP contribution in [0, 0.1) is 0 Å². The van der Waals surface area contributed by atoms with Gasteiger partial charge in [0.05, 0.1) is 0 Å². The summed E-state index contributed by atoms with van der Waals surface area (Å²) in [5.41, 5.74) is 0. The van der Waals surface area contributed by atoms with Crippen molar-refractivity contribution in [2.24, 2.45) is 0 Å². The maximum Gasteiger partial charge on any atom is 0.216 e. The summed E-state index contributed by atoms with van der Waals surface area (Å²) in [6, 6.07) is 16.2. The van der Waals surface area contributed by atoms with Crippen LogP contribution in [0.5, 0.6) is 23.0 Å². The van der Waals surface area contributed by atoms with Crippen LogP contribution in [0.3, 0.4) is 0 Å². The molecule has 0 aromatic heterocycles. The van der Waals surface area contributed by atoms with Crippen LogP contribution in [0.15, 0.2) is 48.5 Å². The lowest BCUT2D eigenvalue weighted by Gasteiger charge is -2.06. The zero-order valence-corrected chi connectivity index (χ0v) is 10.9. The first kappa shape index (κ1) is 10.8. The van der Waals surface area contributed by atoms with Crippen LogP contribution in [-0.4, -0.2) is 10.2 Å². The lowest BCUT2D eigenvalue weighted by Crippen LogP contribution is -1.79. The molecule has 21 heavy (non-hydrogen) atoms. The number of hydrogen-bond acceptors (Lipinski definition) is 3. The van der Waals surface area contributed by atoms with Crippen molar-refractivity contribution in [1.82, 2.24) is 0 Å². The zero-order chi connectivity index (χ0) is 14.1. The van der Waals surface area contributed by atoms with E-state index in [1.807, 2.05) is 30.3 Å². The Bertz CT molecular complexity index is 1080. The lowest BCUT2D eigenvalue weighted by molar-refractivity contribution is 0.403. The molecule has 1 heterocycles. The van der Waals surface area contributed by atoms with Crippen LogP contribution in [0.25, 0.3) is 32.3 Å². The molecule has 0 amide bonds. The minimum absolute atomic E-state index is 0.115. The van der Waals surface area contributed by atoms with E-state index in [9.17, 15) is 10.2 Å². The monoisotopic (exact) mass is 274 g/mol. The van der Waals surface area contributed by atoms with E-state index in [0.717, 1.165) is 16.2 Å². The van der Waals surface area contributed by atoms with Crippen molar-refractivity contribution < 1.29 is 14.9 Å². The summed E-state index contributed by atoms with van der Waals surface area (Å²) in [5, 5.41) is 25.9. The van der Waals surface area contributed by atoms with Gasteiger partial charge in [0.25, 0.3) is 0 Å². The SMILES string of the molecule is Oc1c2c(c3cc4c(ccc5ccccc54)cc3c1O)O2. The van der Waals surface area contributed by atoms with Crippen molar-refractivity contribution in [3.63, 3.8) is 0 Å². The number of phenolic OH excluding ortho intramolecular Hbond substituents is 2. The van der Waals surface area contributed by atoms with Gasteiger partial charge in [0, 0.05) is 10.8 Å². The van der Waals surface area contributed by atoms with Gasteiger partial charge in [0.15, 0.2) is 11.5 Å². The Kier molecular flexibility index (Phi) is 1.74. The minimum Gasteiger partial charge on any atom is -0.504 e. The molecule has 1 aliphatic rings. The average molecular weight is 274 g/mol. The highest BCUT2D eigenvalue weighted by Crippen LogP contribution is 2.61. The van der Waals surface area contributed by atoms with Crippen molar-refractivity contribution in [1.29, 1.82) is 0 Å². The van der Waals surface area contributed by atoms with Gasteiger partial charge in [0.1, 0.15) is 0 Å². The Hall–Kier alpha value is -2.94. The van der Waals surface area contributed by atoms with Gasteiger partial charge in [-0.1, -0.05) is 36.4 Å². The summed E-state index contributed by atoms with van der Waals surface area (Å²) in [6.45, 7) is 0. The molecule has 0 unspecified atom stereocenters. The predicted octanol–water partition coefficient (Wildman–Crippen LogP) is 4.66. The molecule has 4 aromatic rings. The van der Waals surface area contributed by atoms with Crippen LogP contribution in [0.4, 0.5) is 0 Å². The van der Waals surface area contributed by atoms with Gasteiger partial charge in [-0.15, -0.1) is 0 Å². The molecule has 0 bridgehead atoms. The van der Waals surface area contributed by atoms with Crippen molar-refractivity contribution in [3.8, 4) is 23.0 Å². The van der Waals surface area contributed by atoms with E-state index in [-0.39, 0.29) is 11.5 Å². The van der Waals surface area contributed by atoms with E-state index in [0.29, 0.717) is 16.9 Å². The van der Waals surface area contributed by atoms with Crippen molar-refractivity contribution >= 4 is 32.3 Å². The molecular weight excluding hydrogens is 264 g/mol. The Labute approximate surface area is 119 Å². The van der Waals surface area contributed by atoms with Gasteiger partial charge in [-0.05, 0) is 33.7 Å². The molecule has 0 aliphatic carbocycles. The molecule has 3 nitrogen and oxygen atoms in total. The van der Waals surface area contributed by atoms with Gasteiger partial charge in [-0.3, -0.25) is 0 Å². The largest absolute Gasteiger partial charge is 0.504 e. The van der Waals surface area contributed by atoms with Gasteiger partial charge in [0.2, 0.25) is 11.5 Å². The summed E-state index contributed by atoms with van der Waals surface area (Å²) in [5.74, 6) is 0.767. The number of phenols is 2. The average Bonchev–Trinajstić information content (AvgIpc) is 3.32. The Morgan fingerprint density at radius 1 is 0.619 bits per heavy atom. The zero-order valence-electron chi connectivity index (χ0n) is 10.9. The third-order valence-electron chi connectivity index (χ3n) is 4.19. The van der Waals surface area contributed by atoms with E-state index >= 15 is 0 Å². The van der Waals surface area contributed by atoms with Crippen LogP contribution in [0.1, 0.15) is 0 Å². The molecule has 0 fully saturated rings.